The number of aliphatic hydroxyl groups is 1. The maximum absolute atomic E-state index is 15.1. The van der Waals surface area contributed by atoms with E-state index < -0.39 is 78.6 Å². The lowest BCUT2D eigenvalue weighted by Crippen LogP contribution is -2.62. The molecule has 5 rings (SSSR count). The SMILES string of the molecule is COC(=O)N[C@H](C(=O)N[C@@H](Cc1ccc(C#Cc2ccc(N3CCN(C4CCOC4)CC3)nc2)cc1)[C@@H](O)CNCc1c(F)cc(C(C=NC(F)F)=CN)cc1F)C(C)(C)C(F)(F)F. The van der Waals surface area contributed by atoms with Gasteiger partial charge >= 0.3 is 18.8 Å². The van der Waals surface area contributed by atoms with Crippen molar-refractivity contribution < 1.29 is 54.9 Å². The number of hydrogen-bond donors (Lipinski definition) is 5. The molecule has 0 bridgehead atoms. The topological polar surface area (TPSA) is 167 Å². The summed E-state index contributed by atoms with van der Waals surface area (Å²) >= 11 is 0. The van der Waals surface area contributed by atoms with Crippen molar-refractivity contribution in [3.8, 4) is 11.8 Å². The van der Waals surface area contributed by atoms with Gasteiger partial charge in [-0.3, -0.25) is 9.69 Å². The first-order valence-electron chi connectivity index (χ1n) is 20.4. The van der Waals surface area contributed by atoms with E-state index in [0.717, 1.165) is 77.1 Å². The van der Waals surface area contributed by atoms with Gasteiger partial charge in [0.2, 0.25) is 5.91 Å². The molecule has 3 aromatic rings. The van der Waals surface area contributed by atoms with Gasteiger partial charge in [0.25, 0.3) is 0 Å². The van der Waals surface area contributed by atoms with Gasteiger partial charge in [-0.15, -0.1) is 0 Å². The van der Waals surface area contributed by atoms with E-state index in [9.17, 15) is 36.6 Å². The third-order valence-electron chi connectivity index (χ3n) is 11.2. The molecule has 2 aliphatic heterocycles. The first kappa shape index (κ1) is 49.3. The number of aromatic nitrogens is 1. The summed E-state index contributed by atoms with van der Waals surface area (Å²) in [5, 5.41) is 18.4. The summed E-state index contributed by atoms with van der Waals surface area (Å²) in [6.07, 6.45) is -3.77. The standard InChI is InChI=1S/C44H51F7N8O5/c1-43(2,44(49,50)51)39(57-42(62)63-3)40(61)56-36(37(60)25-53-24-33-34(45)19-30(20-35(33)46)31(21-52)23-55-41(47)48)18-28-7-4-27(5-8-28)6-9-29-10-11-38(54-22-29)59-15-13-58(14-16-59)32-12-17-64-26-32/h4-5,7-8,10-11,19-23,32,36-37,39,41,53,60H,12-18,24-26,52H2,1-3H3,(H,56,61)(H,57,62)/t32?,36-,37-,39+/m0/s1. The molecule has 0 aliphatic carbocycles. The second kappa shape index (κ2) is 22.2. The molecule has 2 saturated heterocycles. The molecule has 13 nitrogen and oxygen atoms in total. The molecule has 2 fully saturated rings. The number of halogens is 7. The number of amides is 2. The number of nitrogens with zero attached hydrogens (tertiary/aromatic N) is 4. The molecule has 0 saturated carbocycles. The van der Waals surface area contributed by atoms with Crippen LogP contribution in [0.1, 0.15) is 48.1 Å². The van der Waals surface area contributed by atoms with Gasteiger partial charge < -0.3 is 41.2 Å². The summed E-state index contributed by atoms with van der Waals surface area (Å²) in [6, 6.07) is 9.09. The number of nitrogens with one attached hydrogen (secondary N) is 3. The molecule has 20 heteroatoms. The predicted octanol–water partition coefficient (Wildman–Crippen LogP) is 4.75. The molecular weight excluding hydrogens is 854 g/mol. The molecule has 6 N–H and O–H groups in total. The zero-order chi connectivity index (χ0) is 46.6. The fourth-order valence-corrected chi connectivity index (χ4v) is 7.14. The van der Waals surface area contributed by atoms with Gasteiger partial charge in [-0.05, 0) is 74.2 Å². The smallest absolute Gasteiger partial charge is 0.407 e. The lowest BCUT2D eigenvalue weighted by molar-refractivity contribution is -0.220. The van der Waals surface area contributed by atoms with Gasteiger partial charge in [-0.2, -0.15) is 22.0 Å². The molecule has 64 heavy (non-hydrogen) atoms. The number of aliphatic hydroxyl groups excluding tert-OH is 1. The predicted molar refractivity (Wildman–Crippen MR) is 225 cm³/mol. The van der Waals surface area contributed by atoms with Crippen LogP contribution in [0.3, 0.4) is 0 Å². The Morgan fingerprint density at radius 1 is 1.03 bits per heavy atom. The number of carbonyl (C=O) groups is 2. The Bertz CT molecular complexity index is 2140. The van der Waals surface area contributed by atoms with Crippen LogP contribution in [-0.4, -0.2) is 123 Å². The Hall–Kier alpha value is -5.75. The lowest BCUT2D eigenvalue weighted by atomic mass is 9.82. The summed E-state index contributed by atoms with van der Waals surface area (Å²) in [4.78, 5) is 37.9. The molecule has 2 amide bonds. The molecular formula is C44H51F7N8O5. The van der Waals surface area contributed by atoms with Crippen LogP contribution >= 0.6 is 0 Å². The fraction of sp³-hybridized carbons (Fsp3) is 0.455. The van der Waals surface area contributed by atoms with Crippen molar-refractivity contribution in [2.45, 2.75) is 70.2 Å². The molecule has 2 aromatic carbocycles. The number of pyridine rings is 1. The van der Waals surface area contributed by atoms with Crippen molar-refractivity contribution in [3.05, 3.63) is 100 Å². The van der Waals surface area contributed by atoms with E-state index in [1.165, 1.54) is 0 Å². The largest absolute Gasteiger partial charge is 0.453 e. The number of alkyl halides is 5. The Labute approximate surface area is 366 Å². The molecule has 0 radical (unpaired) electrons. The number of alkyl carbamates (subject to hydrolysis) is 1. The minimum atomic E-state index is -4.98. The minimum Gasteiger partial charge on any atom is -0.453 e. The highest BCUT2D eigenvalue weighted by molar-refractivity contribution is 6.09. The monoisotopic (exact) mass is 904 g/mol. The van der Waals surface area contributed by atoms with Crippen molar-refractivity contribution in [2.75, 3.05) is 57.9 Å². The zero-order valence-electron chi connectivity index (χ0n) is 35.4. The summed E-state index contributed by atoms with van der Waals surface area (Å²) in [5.41, 5.74) is 3.54. The maximum Gasteiger partial charge on any atom is 0.407 e. The van der Waals surface area contributed by atoms with E-state index in [1.807, 2.05) is 17.4 Å². The third kappa shape index (κ3) is 13.2. The molecule has 1 unspecified atom stereocenters. The number of piperazine rings is 1. The normalized spacial score (nSPS) is 17.8. The van der Waals surface area contributed by atoms with Crippen LogP contribution in [-0.2, 0) is 27.2 Å². The number of rotatable bonds is 16. The molecule has 1 aromatic heterocycles. The van der Waals surface area contributed by atoms with Gasteiger partial charge in [-0.1, -0.05) is 24.0 Å². The second-order valence-electron chi connectivity index (χ2n) is 15.8. The minimum absolute atomic E-state index is 0.153. The first-order chi connectivity index (χ1) is 30.4. The molecule has 3 heterocycles. The first-order valence-corrected chi connectivity index (χ1v) is 20.4. The van der Waals surface area contributed by atoms with Crippen LogP contribution in [0.25, 0.3) is 5.57 Å². The van der Waals surface area contributed by atoms with Crippen LogP contribution in [0.5, 0.6) is 0 Å². The van der Waals surface area contributed by atoms with Crippen molar-refractivity contribution >= 4 is 29.6 Å². The van der Waals surface area contributed by atoms with Crippen LogP contribution in [0.4, 0.5) is 41.3 Å². The molecule has 0 spiro atoms. The number of methoxy groups -OCH3 is 1. The van der Waals surface area contributed by atoms with E-state index in [2.05, 4.69) is 47.0 Å². The van der Waals surface area contributed by atoms with E-state index in [0.29, 0.717) is 42.8 Å². The Morgan fingerprint density at radius 3 is 2.25 bits per heavy atom. The highest BCUT2D eigenvalue weighted by Gasteiger charge is 2.56. The highest BCUT2D eigenvalue weighted by Crippen LogP contribution is 2.40. The average molecular weight is 905 g/mol. The van der Waals surface area contributed by atoms with Crippen LogP contribution in [0.15, 0.2) is 65.9 Å². The van der Waals surface area contributed by atoms with Gasteiger partial charge in [0, 0.05) is 92.8 Å². The Balaban J connectivity index is 1.28. The van der Waals surface area contributed by atoms with E-state index in [1.54, 1.807) is 30.5 Å². The maximum atomic E-state index is 15.1. The third-order valence-corrected chi connectivity index (χ3v) is 11.2. The zero-order valence-corrected chi connectivity index (χ0v) is 35.4. The lowest BCUT2D eigenvalue weighted by Gasteiger charge is -2.38. The van der Waals surface area contributed by atoms with Crippen molar-refractivity contribution in [3.63, 3.8) is 0 Å². The van der Waals surface area contributed by atoms with Crippen molar-refractivity contribution in [1.82, 2.24) is 25.8 Å². The summed E-state index contributed by atoms with van der Waals surface area (Å²) < 4.78 is 108. The van der Waals surface area contributed by atoms with Gasteiger partial charge in [0.15, 0.2) is 0 Å². The van der Waals surface area contributed by atoms with Crippen LogP contribution in [0, 0.1) is 28.9 Å². The van der Waals surface area contributed by atoms with Gasteiger partial charge in [0.1, 0.15) is 23.5 Å². The number of carbonyl (C=O) groups excluding carboxylic acids is 2. The van der Waals surface area contributed by atoms with Crippen molar-refractivity contribution in [2.24, 2.45) is 16.1 Å². The van der Waals surface area contributed by atoms with Crippen LogP contribution < -0.4 is 26.6 Å². The van der Waals surface area contributed by atoms with E-state index >= 15 is 8.78 Å². The number of hydrogen-bond acceptors (Lipinski definition) is 11. The highest BCUT2D eigenvalue weighted by atomic mass is 19.4. The Morgan fingerprint density at radius 2 is 1.69 bits per heavy atom. The average Bonchev–Trinajstić information content (AvgIpc) is 3.81. The number of allylic oxidation sites excluding steroid dienone is 1. The molecule has 346 valence electrons. The number of nitrogens with two attached hydrogens (primary N) is 1. The quantitative estimate of drug-likeness (QED) is 0.0586. The Kier molecular flexibility index (Phi) is 17.1. The van der Waals surface area contributed by atoms with Gasteiger partial charge in [0.05, 0.1) is 31.3 Å². The number of aliphatic imine (C=N–C) groups is 1. The van der Waals surface area contributed by atoms with E-state index in [4.69, 9.17) is 10.5 Å². The van der Waals surface area contributed by atoms with Gasteiger partial charge in [-0.25, -0.2) is 23.6 Å². The number of anilines is 1. The number of benzene rings is 2. The molecule has 4 atom stereocenters. The van der Waals surface area contributed by atoms with E-state index in [-0.39, 0.29) is 17.6 Å². The van der Waals surface area contributed by atoms with Crippen LogP contribution in [0.2, 0.25) is 0 Å². The summed E-state index contributed by atoms with van der Waals surface area (Å²) in [5.74, 6) is 3.52. The summed E-state index contributed by atoms with van der Waals surface area (Å²) in [6.45, 7) is 2.53. The van der Waals surface area contributed by atoms with Crippen molar-refractivity contribution in [1.29, 1.82) is 0 Å². The second-order valence-corrected chi connectivity index (χ2v) is 15.8. The fourth-order valence-electron chi connectivity index (χ4n) is 7.14. The molecule has 2 aliphatic rings. The summed E-state index contributed by atoms with van der Waals surface area (Å²) in [7, 11) is 0.912. The number of ether oxygens (including phenoxy) is 2.